The van der Waals surface area contributed by atoms with Gasteiger partial charge in [-0.1, -0.05) is 12.1 Å². The molecule has 7 nitrogen and oxygen atoms in total. The van der Waals surface area contributed by atoms with Crippen molar-refractivity contribution in [2.75, 3.05) is 25.0 Å². The summed E-state index contributed by atoms with van der Waals surface area (Å²) in [5.41, 5.74) is 1.20. The van der Waals surface area contributed by atoms with E-state index in [0.29, 0.717) is 31.0 Å². The van der Waals surface area contributed by atoms with Crippen LogP contribution in [-0.4, -0.2) is 57.3 Å². The molecule has 0 aliphatic carbocycles. The van der Waals surface area contributed by atoms with E-state index in [1.807, 2.05) is 0 Å². The summed E-state index contributed by atoms with van der Waals surface area (Å²) >= 11 is 0. The van der Waals surface area contributed by atoms with Gasteiger partial charge in [-0.2, -0.15) is 0 Å². The van der Waals surface area contributed by atoms with Gasteiger partial charge in [0.05, 0.1) is 18.4 Å². The lowest BCUT2D eigenvalue weighted by Gasteiger charge is -2.18. The maximum atomic E-state index is 13.0. The minimum atomic E-state index is -0.294. The number of hydrogen-bond acceptors (Lipinski definition) is 5. The number of nitrogens with one attached hydrogen (secondary N) is 1. The highest BCUT2D eigenvalue weighted by molar-refractivity contribution is 5.92. The van der Waals surface area contributed by atoms with E-state index in [0.717, 1.165) is 31.5 Å². The second-order valence-electron chi connectivity index (χ2n) is 7.23. The highest BCUT2D eigenvalue weighted by Crippen LogP contribution is 2.19. The second-order valence-corrected chi connectivity index (χ2v) is 7.23. The van der Waals surface area contributed by atoms with Crippen molar-refractivity contribution < 1.29 is 14.0 Å². The normalized spacial score (nSPS) is 19.3. The third-order valence-electron chi connectivity index (χ3n) is 5.10. The van der Waals surface area contributed by atoms with Gasteiger partial charge in [0, 0.05) is 32.6 Å². The van der Waals surface area contributed by atoms with E-state index in [-0.39, 0.29) is 23.7 Å². The van der Waals surface area contributed by atoms with Crippen LogP contribution in [-0.2, 0) is 11.3 Å². The quantitative estimate of drug-likeness (QED) is 0.855. The van der Waals surface area contributed by atoms with E-state index in [4.69, 9.17) is 0 Å². The lowest BCUT2D eigenvalue weighted by molar-refractivity contribution is -0.128. The number of hydrogen-bond donors (Lipinski definition) is 1. The summed E-state index contributed by atoms with van der Waals surface area (Å²) in [6.07, 6.45) is 5.42. The van der Waals surface area contributed by atoms with Crippen LogP contribution in [0, 0.1) is 5.82 Å². The number of anilines is 1. The third kappa shape index (κ3) is 4.11. The van der Waals surface area contributed by atoms with Crippen LogP contribution in [0.15, 0.2) is 36.7 Å². The molecule has 2 amide bonds. The van der Waals surface area contributed by atoms with Gasteiger partial charge in [0.15, 0.2) is 0 Å². The summed E-state index contributed by atoms with van der Waals surface area (Å²) in [4.78, 5) is 36.8. The number of halogens is 1. The van der Waals surface area contributed by atoms with Crippen molar-refractivity contribution in [2.45, 2.75) is 31.8 Å². The minimum Gasteiger partial charge on any atom is -0.364 e. The molecule has 0 radical (unpaired) electrons. The molecule has 2 fully saturated rings. The summed E-state index contributed by atoms with van der Waals surface area (Å²) in [5, 5.41) is 3.22. The number of benzene rings is 1. The molecule has 0 spiro atoms. The molecule has 3 heterocycles. The Kier molecular flexibility index (Phi) is 5.18. The molecule has 2 saturated heterocycles. The minimum absolute atomic E-state index is 0.0269. The average molecular weight is 383 g/mol. The molecule has 28 heavy (non-hydrogen) atoms. The standard InChI is InChI=1S/C20H22FN5O2/c21-15-5-3-14(4-6-15)12-26-13-16(9-19(26)27)23-18-11-22-10-17(24-18)20(28)25-7-1-2-8-25/h3-6,10-11,16H,1-2,7-9,12-13H2,(H,23,24). The Morgan fingerprint density at radius 1 is 1.18 bits per heavy atom. The van der Waals surface area contributed by atoms with Gasteiger partial charge in [-0.25, -0.2) is 9.37 Å². The first-order chi connectivity index (χ1) is 13.6. The summed E-state index contributed by atoms with van der Waals surface area (Å²) in [5.74, 6) is 0.123. The van der Waals surface area contributed by atoms with Gasteiger partial charge in [0.25, 0.3) is 5.91 Å². The first-order valence-corrected chi connectivity index (χ1v) is 9.48. The van der Waals surface area contributed by atoms with Gasteiger partial charge >= 0.3 is 0 Å². The molecule has 4 rings (SSSR count). The van der Waals surface area contributed by atoms with Crippen LogP contribution in [0.4, 0.5) is 10.2 Å². The topological polar surface area (TPSA) is 78.4 Å². The Labute approximate surface area is 162 Å². The molecule has 2 aromatic rings. The number of amides is 2. The molecule has 2 aliphatic heterocycles. The first kappa shape index (κ1) is 18.3. The third-order valence-corrected chi connectivity index (χ3v) is 5.10. The number of nitrogens with zero attached hydrogens (tertiary/aromatic N) is 4. The highest BCUT2D eigenvalue weighted by atomic mass is 19.1. The molecule has 1 unspecified atom stereocenters. The SMILES string of the molecule is O=C1CC(Nc2cncc(C(=O)N3CCCC3)n2)CN1Cc1ccc(F)cc1. The Bertz CT molecular complexity index is 867. The maximum Gasteiger partial charge on any atom is 0.274 e. The Hall–Kier alpha value is -3.03. The Balaban J connectivity index is 1.38. The summed E-state index contributed by atoms with van der Waals surface area (Å²) in [6, 6.07) is 6.04. The zero-order valence-corrected chi connectivity index (χ0v) is 15.5. The largest absolute Gasteiger partial charge is 0.364 e. The maximum absolute atomic E-state index is 13.0. The molecule has 1 aromatic heterocycles. The fourth-order valence-electron chi connectivity index (χ4n) is 3.66. The van der Waals surface area contributed by atoms with E-state index in [1.165, 1.54) is 18.3 Å². The second kappa shape index (κ2) is 7.92. The molecule has 2 aliphatic rings. The number of carbonyl (C=O) groups is 2. The van der Waals surface area contributed by atoms with E-state index >= 15 is 0 Å². The lowest BCUT2D eigenvalue weighted by atomic mass is 10.2. The van der Waals surface area contributed by atoms with Crippen molar-refractivity contribution in [3.05, 3.63) is 53.7 Å². The van der Waals surface area contributed by atoms with Crippen LogP contribution in [0.1, 0.15) is 35.3 Å². The van der Waals surface area contributed by atoms with Crippen molar-refractivity contribution in [1.29, 1.82) is 0 Å². The van der Waals surface area contributed by atoms with Crippen LogP contribution in [0.2, 0.25) is 0 Å². The molecule has 8 heteroatoms. The molecule has 146 valence electrons. The number of carbonyl (C=O) groups excluding carboxylic acids is 2. The van der Waals surface area contributed by atoms with Crippen LogP contribution in [0.3, 0.4) is 0 Å². The average Bonchev–Trinajstić information content (AvgIpc) is 3.34. The smallest absolute Gasteiger partial charge is 0.274 e. The van der Waals surface area contributed by atoms with Gasteiger partial charge in [-0.05, 0) is 30.5 Å². The molecule has 0 saturated carbocycles. The summed E-state index contributed by atoms with van der Waals surface area (Å²) in [7, 11) is 0. The molecule has 1 atom stereocenters. The van der Waals surface area contributed by atoms with Gasteiger partial charge in [-0.3, -0.25) is 14.6 Å². The summed E-state index contributed by atoms with van der Waals surface area (Å²) < 4.78 is 13.0. The van der Waals surface area contributed by atoms with Gasteiger partial charge in [0.1, 0.15) is 17.3 Å². The van der Waals surface area contributed by atoms with Crippen LogP contribution < -0.4 is 5.32 Å². The van der Waals surface area contributed by atoms with Crippen LogP contribution >= 0.6 is 0 Å². The lowest BCUT2D eigenvalue weighted by Crippen LogP contribution is -2.30. The van der Waals surface area contributed by atoms with Gasteiger partial charge < -0.3 is 15.1 Å². The number of rotatable bonds is 5. The van der Waals surface area contributed by atoms with Crippen molar-refractivity contribution in [3.8, 4) is 0 Å². The molecular weight excluding hydrogens is 361 g/mol. The van der Waals surface area contributed by atoms with E-state index < -0.39 is 0 Å². The monoisotopic (exact) mass is 383 g/mol. The van der Waals surface area contributed by atoms with Crippen molar-refractivity contribution >= 4 is 17.6 Å². The Morgan fingerprint density at radius 3 is 2.68 bits per heavy atom. The van der Waals surface area contributed by atoms with Crippen molar-refractivity contribution in [2.24, 2.45) is 0 Å². The predicted molar refractivity (Wildman–Crippen MR) is 101 cm³/mol. The predicted octanol–water partition coefficient (Wildman–Crippen LogP) is 2.06. The first-order valence-electron chi connectivity index (χ1n) is 9.48. The van der Waals surface area contributed by atoms with E-state index in [9.17, 15) is 14.0 Å². The molecule has 1 aromatic carbocycles. The highest BCUT2D eigenvalue weighted by Gasteiger charge is 2.30. The zero-order chi connectivity index (χ0) is 19.5. The van der Waals surface area contributed by atoms with Crippen LogP contribution in [0.5, 0.6) is 0 Å². The fraction of sp³-hybridized carbons (Fsp3) is 0.400. The van der Waals surface area contributed by atoms with E-state index in [2.05, 4.69) is 15.3 Å². The molecule has 1 N–H and O–H groups in total. The van der Waals surface area contributed by atoms with Gasteiger partial charge in [0.2, 0.25) is 5.91 Å². The van der Waals surface area contributed by atoms with Crippen LogP contribution in [0.25, 0.3) is 0 Å². The Morgan fingerprint density at radius 2 is 1.93 bits per heavy atom. The number of likely N-dealkylation sites (tertiary alicyclic amines) is 2. The van der Waals surface area contributed by atoms with E-state index in [1.54, 1.807) is 28.1 Å². The number of aromatic nitrogens is 2. The molecule has 0 bridgehead atoms. The fourth-order valence-corrected chi connectivity index (χ4v) is 3.66. The van der Waals surface area contributed by atoms with Crippen molar-refractivity contribution in [1.82, 2.24) is 19.8 Å². The summed E-state index contributed by atoms with van der Waals surface area (Å²) in [6.45, 7) is 2.47. The van der Waals surface area contributed by atoms with Gasteiger partial charge in [-0.15, -0.1) is 0 Å². The van der Waals surface area contributed by atoms with Crippen molar-refractivity contribution in [3.63, 3.8) is 0 Å². The molecular formula is C20H22FN5O2. The zero-order valence-electron chi connectivity index (χ0n) is 15.5.